The molecule has 2 aliphatic rings. The zero-order valence-corrected chi connectivity index (χ0v) is 39.9. The first-order valence-electron chi connectivity index (χ1n) is 25.9. The number of rotatable bonds is 28. The van der Waals surface area contributed by atoms with Crippen molar-refractivity contribution >= 4 is 0 Å². The molecule has 328 valence electrons. The SMILES string of the molecule is CCCCCCCCC1(CCCCCCCC)c2cc(C)ccc2-c2ccc(C)cc21.CCCCCCCCC1(CCCCCCCC)c2ccccc2-c2ccccc21. The van der Waals surface area contributed by atoms with Crippen molar-refractivity contribution in [1.29, 1.82) is 0 Å². The van der Waals surface area contributed by atoms with Crippen molar-refractivity contribution in [3.63, 3.8) is 0 Å². The number of hydrogen-bond acceptors (Lipinski definition) is 0. The molecule has 0 aromatic heterocycles. The van der Waals surface area contributed by atoms with Gasteiger partial charge in [0.15, 0.2) is 0 Å². The van der Waals surface area contributed by atoms with E-state index >= 15 is 0 Å². The zero-order chi connectivity index (χ0) is 42.5. The first-order chi connectivity index (χ1) is 29.5. The minimum absolute atomic E-state index is 0.234. The minimum atomic E-state index is 0.234. The molecule has 0 atom stereocenters. The van der Waals surface area contributed by atoms with E-state index < -0.39 is 0 Å². The van der Waals surface area contributed by atoms with Gasteiger partial charge >= 0.3 is 0 Å². The lowest BCUT2D eigenvalue weighted by Crippen LogP contribution is -2.25. The van der Waals surface area contributed by atoms with Crippen molar-refractivity contribution < 1.29 is 0 Å². The van der Waals surface area contributed by atoms with Crippen LogP contribution in [0.2, 0.25) is 0 Å². The minimum Gasteiger partial charge on any atom is -0.0654 e. The second-order valence-electron chi connectivity index (χ2n) is 19.4. The molecule has 0 spiro atoms. The molecule has 0 heterocycles. The first-order valence-corrected chi connectivity index (χ1v) is 25.9. The highest BCUT2D eigenvalue weighted by atomic mass is 14.5. The molecule has 0 heteroatoms. The lowest BCUT2D eigenvalue weighted by molar-refractivity contribution is 0.397. The molecule has 0 saturated heterocycles. The van der Waals surface area contributed by atoms with Crippen molar-refractivity contribution in [2.75, 3.05) is 0 Å². The van der Waals surface area contributed by atoms with Gasteiger partial charge in [-0.1, -0.05) is 278 Å². The largest absolute Gasteiger partial charge is 0.0654 e. The number of unbranched alkanes of at least 4 members (excludes halogenated alkanes) is 20. The normalized spacial score (nSPS) is 14.0. The summed E-state index contributed by atoms with van der Waals surface area (Å²) in [7, 11) is 0. The Balaban J connectivity index is 0.000000228. The molecule has 0 saturated carbocycles. The van der Waals surface area contributed by atoms with Crippen LogP contribution in [0, 0.1) is 13.8 Å². The molecule has 0 N–H and O–H groups in total. The van der Waals surface area contributed by atoms with E-state index in [1.54, 1.807) is 22.3 Å². The average molecular weight is 809 g/mol. The van der Waals surface area contributed by atoms with Crippen molar-refractivity contribution in [2.45, 2.75) is 232 Å². The Kier molecular flexibility index (Phi) is 20.5. The Bertz CT molecular complexity index is 1670. The predicted molar refractivity (Wildman–Crippen MR) is 267 cm³/mol. The fraction of sp³-hybridized carbons (Fsp3) is 0.600. The van der Waals surface area contributed by atoms with E-state index in [-0.39, 0.29) is 10.8 Å². The van der Waals surface area contributed by atoms with Crippen LogP contribution in [0.4, 0.5) is 0 Å². The van der Waals surface area contributed by atoms with E-state index in [0.717, 1.165) is 0 Å². The van der Waals surface area contributed by atoms with Crippen molar-refractivity contribution in [3.05, 3.63) is 118 Å². The van der Waals surface area contributed by atoms with Gasteiger partial charge < -0.3 is 0 Å². The molecule has 0 bridgehead atoms. The Morgan fingerprint density at radius 3 is 0.883 bits per heavy atom. The highest BCUT2D eigenvalue weighted by molar-refractivity contribution is 5.82. The molecule has 60 heavy (non-hydrogen) atoms. The summed E-state index contributed by atoms with van der Waals surface area (Å²) in [5, 5.41) is 0. The average Bonchev–Trinajstić information content (AvgIpc) is 3.69. The van der Waals surface area contributed by atoms with Crippen LogP contribution in [0.25, 0.3) is 22.3 Å². The molecule has 2 aliphatic carbocycles. The van der Waals surface area contributed by atoms with Gasteiger partial charge in [0.2, 0.25) is 0 Å². The van der Waals surface area contributed by atoms with Gasteiger partial charge in [-0.2, -0.15) is 0 Å². The third kappa shape index (κ3) is 12.5. The van der Waals surface area contributed by atoms with Crippen LogP contribution >= 0.6 is 0 Å². The van der Waals surface area contributed by atoms with Crippen LogP contribution < -0.4 is 0 Å². The molecule has 0 amide bonds. The van der Waals surface area contributed by atoms with E-state index in [0.29, 0.717) is 0 Å². The van der Waals surface area contributed by atoms with Crippen LogP contribution in [-0.2, 0) is 10.8 Å². The smallest absolute Gasteiger partial charge is 0.0215 e. The molecule has 0 nitrogen and oxygen atoms in total. The van der Waals surface area contributed by atoms with Crippen LogP contribution in [0.5, 0.6) is 0 Å². The topological polar surface area (TPSA) is 0 Å². The first kappa shape index (κ1) is 47.9. The Morgan fingerprint density at radius 1 is 0.283 bits per heavy atom. The van der Waals surface area contributed by atoms with Gasteiger partial charge in [0, 0.05) is 10.8 Å². The van der Waals surface area contributed by atoms with E-state index in [4.69, 9.17) is 0 Å². The monoisotopic (exact) mass is 809 g/mol. The molecule has 0 fully saturated rings. The van der Waals surface area contributed by atoms with Gasteiger partial charge in [-0.3, -0.25) is 0 Å². The third-order valence-corrected chi connectivity index (χ3v) is 14.7. The Hall–Kier alpha value is -3.12. The summed E-state index contributed by atoms with van der Waals surface area (Å²) in [5.74, 6) is 0. The summed E-state index contributed by atoms with van der Waals surface area (Å²) in [4.78, 5) is 0. The van der Waals surface area contributed by atoms with E-state index in [1.807, 2.05) is 0 Å². The number of fused-ring (bicyclic) bond motifs is 6. The van der Waals surface area contributed by atoms with Crippen molar-refractivity contribution in [2.24, 2.45) is 0 Å². The highest BCUT2D eigenvalue weighted by Crippen LogP contribution is 2.56. The molecule has 6 rings (SSSR count). The van der Waals surface area contributed by atoms with Crippen molar-refractivity contribution in [1.82, 2.24) is 0 Å². The number of aryl methyl sites for hydroxylation is 2. The highest BCUT2D eigenvalue weighted by Gasteiger charge is 2.43. The standard InChI is InChI=1S/C31H46.C29H42/c1-5-7-9-11-13-15-21-31(22-16-14-12-10-8-6-2)29-23-25(3)17-19-27(29)28-20-18-26(4)24-30(28)31;1-3-5-7-9-11-17-23-29(24-18-12-10-8-6-4-2)27-21-15-13-19-25(27)26-20-14-16-22-28(26)29/h17-20,23-24H,5-16,21-22H2,1-4H3;13-16,19-22H,3-12,17-18,23-24H2,1-2H3. The van der Waals surface area contributed by atoms with Gasteiger partial charge in [0.25, 0.3) is 0 Å². The number of hydrogen-bond donors (Lipinski definition) is 0. The molecular weight excluding hydrogens is 721 g/mol. The van der Waals surface area contributed by atoms with Crippen molar-refractivity contribution in [3.8, 4) is 22.3 Å². The summed E-state index contributed by atoms with van der Waals surface area (Å²) >= 11 is 0. The Labute approximate surface area is 371 Å². The lowest BCUT2D eigenvalue weighted by Gasteiger charge is -2.33. The summed E-state index contributed by atoms with van der Waals surface area (Å²) in [6.07, 6.45) is 38.5. The molecule has 0 unspecified atom stereocenters. The van der Waals surface area contributed by atoms with Gasteiger partial charge in [0.05, 0.1) is 0 Å². The second kappa shape index (κ2) is 25.7. The quantitative estimate of drug-likeness (QED) is 0.0502. The molecule has 0 aliphatic heterocycles. The van der Waals surface area contributed by atoms with Gasteiger partial charge in [-0.25, -0.2) is 0 Å². The third-order valence-electron chi connectivity index (χ3n) is 14.7. The fourth-order valence-corrected chi connectivity index (χ4v) is 11.3. The van der Waals surface area contributed by atoms with Crippen LogP contribution in [0.1, 0.15) is 241 Å². The fourth-order valence-electron chi connectivity index (χ4n) is 11.3. The molecule has 4 aromatic rings. The summed E-state index contributed by atoms with van der Waals surface area (Å²) in [5.41, 5.74) is 15.8. The summed E-state index contributed by atoms with van der Waals surface area (Å²) in [6.45, 7) is 13.8. The molecular formula is C60H88. The maximum atomic E-state index is 2.53. The molecule has 0 radical (unpaired) electrons. The zero-order valence-electron chi connectivity index (χ0n) is 39.9. The second-order valence-corrected chi connectivity index (χ2v) is 19.4. The van der Waals surface area contributed by atoms with Crippen LogP contribution in [0.15, 0.2) is 84.9 Å². The van der Waals surface area contributed by atoms with Gasteiger partial charge in [-0.05, 0) is 84.0 Å². The van der Waals surface area contributed by atoms with E-state index in [9.17, 15) is 0 Å². The Morgan fingerprint density at radius 2 is 0.550 bits per heavy atom. The van der Waals surface area contributed by atoms with E-state index in [2.05, 4.69) is 126 Å². The predicted octanol–water partition coefficient (Wildman–Crippen LogP) is 19.5. The maximum Gasteiger partial charge on any atom is 0.0215 e. The van der Waals surface area contributed by atoms with Gasteiger partial charge in [0.1, 0.15) is 0 Å². The van der Waals surface area contributed by atoms with Gasteiger partial charge in [-0.15, -0.1) is 0 Å². The molecule has 4 aromatic carbocycles. The van der Waals surface area contributed by atoms with E-state index in [1.165, 1.54) is 213 Å². The summed E-state index contributed by atoms with van der Waals surface area (Å²) in [6, 6.07) is 33.1. The lowest BCUT2D eigenvalue weighted by atomic mass is 9.70. The summed E-state index contributed by atoms with van der Waals surface area (Å²) < 4.78 is 0. The van der Waals surface area contributed by atoms with Crippen LogP contribution in [-0.4, -0.2) is 0 Å². The maximum absolute atomic E-state index is 2.53. The van der Waals surface area contributed by atoms with Crippen LogP contribution in [0.3, 0.4) is 0 Å². The number of benzene rings is 4.